The van der Waals surface area contributed by atoms with Crippen LogP contribution in [0.4, 0.5) is 4.79 Å². The Balaban J connectivity index is 2.72. The smallest absolute Gasteiger partial charge is 0.469 e. The molecule has 20 heavy (non-hydrogen) atoms. The van der Waals surface area contributed by atoms with Gasteiger partial charge in [-0.1, -0.05) is 11.8 Å². The Bertz CT molecular complexity index is 339. The molecule has 0 N–H and O–H groups in total. The Labute approximate surface area is 127 Å². The zero-order valence-corrected chi connectivity index (χ0v) is 13.3. The van der Waals surface area contributed by atoms with Gasteiger partial charge in [0.15, 0.2) is 12.4 Å². The van der Waals surface area contributed by atoms with Crippen molar-refractivity contribution in [1.29, 1.82) is 0 Å². The van der Waals surface area contributed by atoms with Crippen LogP contribution in [0.2, 0.25) is 0 Å². The average Bonchev–Trinajstić information content (AvgIpc) is 2.81. The fraction of sp³-hybridized carbons (Fsp3) is 0.818. The van der Waals surface area contributed by atoms with Gasteiger partial charge in [0.1, 0.15) is 18.8 Å². The zero-order valence-electron chi connectivity index (χ0n) is 11.7. The first-order chi connectivity index (χ1) is 9.57. The standard InChI is InChI=1S/C11H18O7S2/c1-13-8-7(18-11(19)20-4)6(17-9(8)14-2)5-16-10(12)15-3/h6-9H,5H2,1-4H3/t6-,7?,8?,9-/m1/s1. The molecule has 1 aliphatic heterocycles. The fourth-order valence-corrected chi connectivity index (χ4v) is 2.09. The molecule has 1 heterocycles. The molecule has 7 nitrogen and oxygen atoms in total. The highest BCUT2D eigenvalue weighted by Gasteiger charge is 2.48. The van der Waals surface area contributed by atoms with Crippen molar-refractivity contribution >= 4 is 34.5 Å². The van der Waals surface area contributed by atoms with Crippen LogP contribution < -0.4 is 0 Å². The van der Waals surface area contributed by atoms with Crippen LogP contribution in [0.25, 0.3) is 0 Å². The van der Waals surface area contributed by atoms with Gasteiger partial charge < -0.3 is 28.4 Å². The normalized spacial score (nSPS) is 29.0. The van der Waals surface area contributed by atoms with Crippen LogP contribution in [-0.4, -0.2) is 69.3 Å². The Kier molecular flexibility index (Phi) is 7.52. The van der Waals surface area contributed by atoms with Gasteiger partial charge in [0.2, 0.25) is 4.38 Å². The molecular weight excluding hydrogens is 308 g/mol. The minimum atomic E-state index is -0.797. The summed E-state index contributed by atoms with van der Waals surface area (Å²) in [5.74, 6) is 0. The van der Waals surface area contributed by atoms with Crippen LogP contribution in [0.3, 0.4) is 0 Å². The maximum absolute atomic E-state index is 11.0. The van der Waals surface area contributed by atoms with E-state index < -0.39 is 30.8 Å². The van der Waals surface area contributed by atoms with Gasteiger partial charge in [-0.15, -0.1) is 0 Å². The molecule has 1 saturated heterocycles. The third-order valence-corrected chi connectivity index (χ3v) is 3.73. The summed E-state index contributed by atoms with van der Waals surface area (Å²) in [6.45, 7) is -0.0476. The van der Waals surface area contributed by atoms with E-state index in [1.807, 2.05) is 0 Å². The molecule has 1 aliphatic rings. The highest BCUT2D eigenvalue weighted by atomic mass is 32.2. The number of methoxy groups -OCH3 is 3. The van der Waals surface area contributed by atoms with Crippen LogP contribution in [0.5, 0.6) is 0 Å². The van der Waals surface area contributed by atoms with E-state index in [9.17, 15) is 4.79 Å². The lowest BCUT2D eigenvalue weighted by molar-refractivity contribution is -0.160. The SMILES string of the molecule is COC(=O)OC[C@H]1O[C@@H](OC)C(OC)C1OC(=S)SC. The van der Waals surface area contributed by atoms with E-state index in [4.69, 9.17) is 35.9 Å². The summed E-state index contributed by atoms with van der Waals surface area (Å²) in [5.41, 5.74) is 0. The molecule has 0 saturated carbocycles. The maximum atomic E-state index is 11.0. The molecule has 1 fully saturated rings. The monoisotopic (exact) mass is 326 g/mol. The molecule has 0 radical (unpaired) electrons. The summed E-state index contributed by atoms with van der Waals surface area (Å²) in [4.78, 5) is 11.0. The fourth-order valence-electron chi connectivity index (χ4n) is 1.77. The Morgan fingerprint density at radius 1 is 1.25 bits per heavy atom. The van der Waals surface area contributed by atoms with Crippen molar-refractivity contribution in [2.24, 2.45) is 0 Å². The largest absolute Gasteiger partial charge is 0.508 e. The number of ether oxygens (including phenoxy) is 6. The van der Waals surface area contributed by atoms with Gasteiger partial charge in [0, 0.05) is 14.2 Å². The van der Waals surface area contributed by atoms with E-state index in [2.05, 4.69) is 4.74 Å². The molecule has 2 unspecified atom stereocenters. The van der Waals surface area contributed by atoms with Gasteiger partial charge in [-0.3, -0.25) is 0 Å². The lowest BCUT2D eigenvalue weighted by Gasteiger charge is -2.23. The number of carbonyl (C=O) groups is 1. The molecular formula is C11H18O7S2. The molecule has 0 spiro atoms. The summed E-state index contributed by atoms with van der Waals surface area (Å²) in [6, 6.07) is 0. The number of hydrogen-bond donors (Lipinski definition) is 0. The van der Waals surface area contributed by atoms with E-state index >= 15 is 0 Å². The summed E-state index contributed by atoms with van der Waals surface area (Å²) < 4.78 is 31.3. The van der Waals surface area contributed by atoms with E-state index in [0.29, 0.717) is 4.38 Å². The van der Waals surface area contributed by atoms with Crippen molar-refractivity contribution in [3.05, 3.63) is 0 Å². The molecule has 1 rings (SSSR count). The molecule has 0 aliphatic carbocycles. The lowest BCUT2D eigenvalue weighted by atomic mass is 10.1. The minimum absolute atomic E-state index is 0.0476. The average molecular weight is 326 g/mol. The molecule has 4 atom stereocenters. The molecule has 0 aromatic rings. The predicted molar refractivity (Wildman–Crippen MR) is 75.8 cm³/mol. The van der Waals surface area contributed by atoms with Crippen molar-refractivity contribution < 1.29 is 33.2 Å². The van der Waals surface area contributed by atoms with Crippen LogP contribution in [-0.2, 0) is 28.4 Å². The third kappa shape index (κ3) is 4.45. The van der Waals surface area contributed by atoms with Crippen LogP contribution in [0.15, 0.2) is 0 Å². The molecule has 116 valence electrons. The number of hydrogen-bond acceptors (Lipinski definition) is 9. The Morgan fingerprint density at radius 2 is 1.95 bits per heavy atom. The first-order valence-corrected chi connectivity index (χ1v) is 7.37. The van der Waals surface area contributed by atoms with Gasteiger partial charge >= 0.3 is 6.16 Å². The summed E-state index contributed by atoms with van der Waals surface area (Å²) in [6.07, 6.45) is -1.19. The van der Waals surface area contributed by atoms with E-state index in [1.165, 1.54) is 33.1 Å². The van der Waals surface area contributed by atoms with Crippen LogP contribution >= 0.6 is 24.0 Å². The third-order valence-electron chi connectivity index (χ3n) is 2.70. The van der Waals surface area contributed by atoms with Crippen LogP contribution in [0, 0.1) is 0 Å². The Morgan fingerprint density at radius 3 is 2.45 bits per heavy atom. The maximum Gasteiger partial charge on any atom is 0.508 e. The minimum Gasteiger partial charge on any atom is -0.469 e. The van der Waals surface area contributed by atoms with E-state index in [-0.39, 0.29) is 6.61 Å². The first kappa shape index (κ1) is 17.4. The second-order valence-corrected chi connectivity index (χ2v) is 5.19. The molecule has 9 heteroatoms. The zero-order chi connectivity index (χ0) is 15.1. The van der Waals surface area contributed by atoms with Crippen molar-refractivity contribution in [3.8, 4) is 0 Å². The lowest BCUT2D eigenvalue weighted by Crippen LogP contribution is -2.39. The van der Waals surface area contributed by atoms with Gasteiger partial charge in [0.25, 0.3) is 0 Å². The van der Waals surface area contributed by atoms with Crippen molar-refractivity contribution in [1.82, 2.24) is 0 Å². The van der Waals surface area contributed by atoms with Gasteiger partial charge in [-0.05, 0) is 18.5 Å². The predicted octanol–water partition coefficient (Wildman–Crippen LogP) is 1.19. The van der Waals surface area contributed by atoms with E-state index in [1.54, 1.807) is 6.26 Å². The number of thioether (sulfide) groups is 1. The molecule has 0 aromatic carbocycles. The highest BCUT2D eigenvalue weighted by molar-refractivity contribution is 8.22. The second-order valence-electron chi connectivity index (χ2n) is 3.78. The highest BCUT2D eigenvalue weighted by Crippen LogP contribution is 2.28. The van der Waals surface area contributed by atoms with Crippen molar-refractivity contribution in [3.63, 3.8) is 0 Å². The molecule has 0 bridgehead atoms. The first-order valence-electron chi connectivity index (χ1n) is 5.73. The van der Waals surface area contributed by atoms with Crippen molar-refractivity contribution in [2.75, 3.05) is 34.2 Å². The topological polar surface area (TPSA) is 72.5 Å². The molecule has 0 aromatic heterocycles. The van der Waals surface area contributed by atoms with Gasteiger partial charge in [-0.25, -0.2) is 4.79 Å². The number of thiocarbonyl (C=S) groups is 1. The van der Waals surface area contributed by atoms with Crippen molar-refractivity contribution in [2.45, 2.75) is 24.6 Å². The molecule has 0 amide bonds. The van der Waals surface area contributed by atoms with Gasteiger partial charge in [-0.2, -0.15) is 0 Å². The van der Waals surface area contributed by atoms with Gasteiger partial charge in [0.05, 0.1) is 7.11 Å². The summed E-state index contributed by atoms with van der Waals surface area (Å²) in [7, 11) is 4.23. The summed E-state index contributed by atoms with van der Waals surface area (Å²) >= 11 is 6.32. The summed E-state index contributed by atoms with van der Waals surface area (Å²) in [5, 5.41) is 0. The number of carbonyl (C=O) groups excluding carboxylic acids is 1. The Hall–Kier alpha value is -0.610. The number of rotatable bonds is 5. The van der Waals surface area contributed by atoms with E-state index in [0.717, 1.165) is 0 Å². The second kappa shape index (κ2) is 8.63. The van der Waals surface area contributed by atoms with Crippen LogP contribution in [0.1, 0.15) is 0 Å². The quantitative estimate of drug-likeness (QED) is 0.547.